The van der Waals surface area contributed by atoms with E-state index in [1.54, 1.807) is 13.8 Å². The fourth-order valence-corrected chi connectivity index (χ4v) is 2.41. The molecule has 0 aliphatic carbocycles. The molecule has 21 heavy (non-hydrogen) atoms. The van der Waals surface area contributed by atoms with Crippen LogP contribution in [-0.2, 0) is 9.59 Å². The first kappa shape index (κ1) is 13.4. The van der Waals surface area contributed by atoms with E-state index in [4.69, 9.17) is 0 Å². The second-order valence-electron chi connectivity index (χ2n) is 5.53. The molecule has 0 bridgehead atoms. The molecule has 0 spiro atoms. The summed E-state index contributed by atoms with van der Waals surface area (Å²) in [5.41, 5.74) is 0.307. The van der Waals surface area contributed by atoms with Gasteiger partial charge in [0.1, 0.15) is 5.41 Å². The number of benzene rings is 2. The van der Waals surface area contributed by atoms with Crippen molar-refractivity contribution in [2.75, 3.05) is 10.0 Å². The first-order chi connectivity index (χ1) is 10.0. The van der Waals surface area contributed by atoms with Crippen molar-refractivity contribution in [1.29, 1.82) is 0 Å². The fourth-order valence-electron chi connectivity index (χ4n) is 2.41. The van der Waals surface area contributed by atoms with Crippen molar-refractivity contribution in [1.82, 2.24) is 0 Å². The topological polar surface area (TPSA) is 40.6 Å². The number of carbonyl (C=O) groups is 2. The predicted molar refractivity (Wildman–Crippen MR) is 81.6 cm³/mol. The van der Waals surface area contributed by atoms with E-state index >= 15 is 0 Å². The zero-order chi connectivity index (χ0) is 15.0. The average Bonchev–Trinajstić information content (AvgIpc) is 2.69. The minimum atomic E-state index is -1.06. The highest BCUT2D eigenvalue weighted by Gasteiger charge is 2.53. The number of hydrazine groups is 1. The summed E-state index contributed by atoms with van der Waals surface area (Å²) in [6, 6.07) is 18.4. The Bertz CT molecular complexity index is 621. The molecule has 0 unspecified atom stereocenters. The summed E-state index contributed by atoms with van der Waals surface area (Å²) in [4.78, 5) is 25.4. The molecule has 4 heteroatoms. The van der Waals surface area contributed by atoms with Crippen molar-refractivity contribution in [2.24, 2.45) is 5.41 Å². The van der Waals surface area contributed by atoms with E-state index in [0.29, 0.717) is 11.4 Å². The van der Waals surface area contributed by atoms with Gasteiger partial charge in [-0.3, -0.25) is 9.59 Å². The summed E-state index contributed by atoms with van der Waals surface area (Å²) >= 11 is 0. The molecule has 0 N–H and O–H groups in total. The van der Waals surface area contributed by atoms with Gasteiger partial charge < -0.3 is 0 Å². The highest BCUT2D eigenvalue weighted by molar-refractivity contribution is 6.25. The number of hydrogen-bond acceptors (Lipinski definition) is 2. The lowest BCUT2D eigenvalue weighted by atomic mass is 9.93. The molecular formula is C17H16N2O2. The molecule has 1 heterocycles. The molecule has 0 atom stereocenters. The Morgan fingerprint density at radius 2 is 1.00 bits per heavy atom. The highest BCUT2D eigenvalue weighted by atomic mass is 16.2. The molecule has 0 aromatic heterocycles. The second kappa shape index (κ2) is 4.74. The average molecular weight is 280 g/mol. The molecule has 1 aliphatic heterocycles. The molecule has 3 rings (SSSR count). The first-order valence-electron chi connectivity index (χ1n) is 6.82. The maximum Gasteiger partial charge on any atom is 0.261 e. The Labute approximate surface area is 123 Å². The summed E-state index contributed by atoms with van der Waals surface area (Å²) < 4.78 is 0. The van der Waals surface area contributed by atoms with Crippen molar-refractivity contribution in [3.8, 4) is 0 Å². The van der Waals surface area contributed by atoms with Crippen LogP contribution in [0.2, 0.25) is 0 Å². The number of hydrogen-bond donors (Lipinski definition) is 0. The zero-order valence-electron chi connectivity index (χ0n) is 12.0. The number of nitrogens with zero attached hydrogens (tertiary/aromatic N) is 2. The van der Waals surface area contributed by atoms with Crippen molar-refractivity contribution < 1.29 is 9.59 Å². The number of para-hydroxylation sites is 2. The van der Waals surface area contributed by atoms with Crippen LogP contribution in [0.25, 0.3) is 0 Å². The van der Waals surface area contributed by atoms with Crippen LogP contribution in [0.15, 0.2) is 60.7 Å². The molecule has 1 aliphatic rings. The zero-order valence-corrected chi connectivity index (χ0v) is 12.0. The third-order valence-electron chi connectivity index (χ3n) is 3.66. The standard InChI is InChI=1S/C17H16N2O2/c1-17(2)15(20)18(13-9-5-3-6-10-13)19(16(17)21)14-11-7-4-8-12-14/h3-12H,1-2H3. The van der Waals surface area contributed by atoms with Crippen LogP contribution in [0, 0.1) is 5.41 Å². The van der Waals surface area contributed by atoms with Gasteiger partial charge in [-0.2, -0.15) is 0 Å². The summed E-state index contributed by atoms with van der Waals surface area (Å²) in [5, 5.41) is 2.91. The van der Waals surface area contributed by atoms with Gasteiger partial charge in [0.05, 0.1) is 11.4 Å². The summed E-state index contributed by atoms with van der Waals surface area (Å²) in [5.74, 6) is -0.440. The van der Waals surface area contributed by atoms with Crippen LogP contribution in [0.3, 0.4) is 0 Å². The quantitative estimate of drug-likeness (QED) is 0.793. The maximum atomic E-state index is 12.7. The monoisotopic (exact) mass is 280 g/mol. The Balaban J connectivity index is 2.15. The van der Waals surface area contributed by atoms with Crippen molar-refractivity contribution >= 4 is 23.2 Å². The lowest BCUT2D eigenvalue weighted by molar-refractivity contribution is -0.132. The predicted octanol–water partition coefficient (Wildman–Crippen LogP) is 3.01. The minimum Gasteiger partial charge on any atom is -0.271 e. The number of anilines is 2. The molecule has 4 nitrogen and oxygen atoms in total. The Kier molecular flexibility index (Phi) is 3.01. The largest absolute Gasteiger partial charge is 0.271 e. The van der Waals surface area contributed by atoms with Gasteiger partial charge in [0, 0.05) is 0 Å². The Morgan fingerprint density at radius 3 is 1.33 bits per heavy atom. The summed E-state index contributed by atoms with van der Waals surface area (Å²) in [6.45, 7) is 3.33. The molecular weight excluding hydrogens is 264 g/mol. The van der Waals surface area contributed by atoms with E-state index < -0.39 is 5.41 Å². The second-order valence-corrected chi connectivity index (χ2v) is 5.53. The van der Waals surface area contributed by atoms with Crippen LogP contribution < -0.4 is 10.0 Å². The molecule has 2 aromatic rings. The number of carbonyl (C=O) groups excluding carboxylic acids is 2. The number of amides is 2. The van der Waals surface area contributed by atoms with Crippen molar-refractivity contribution in [3.63, 3.8) is 0 Å². The van der Waals surface area contributed by atoms with Crippen molar-refractivity contribution in [3.05, 3.63) is 60.7 Å². The molecule has 0 radical (unpaired) electrons. The lowest BCUT2D eigenvalue weighted by Gasteiger charge is -2.27. The van der Waals surface area contributed by atoms with E-state index in [-0.39, 0.29) is 11.8 Å². The summed E-state index contributed by atoms with van der Waals surface area (Å²) in [6.07, 6.45) is 0. The van der Waals surface area contributed by atoms with Crippen LogP contribution in [0.1, 0.15) is 13.8 Å². The molecule has 2 amide bonds. The van der Waals surface area contributed by atoms with E-state index in [1.807, 2.05) is 60.7 Å². The van der Waals surface area contributed by atoms with Gasteiger partial charge in [-0.1, -0.05) is 36.4 Å². The molecule has 106 valence electrons. The van der Waals surface area contributed by atoms with Gasteiger partial charge in [0.25, 0.3) is 11.8 Å². The number of rotatable bonds is 2. The van der Waals surface area contributed by atoms with Crippen LogP contribution in [0.4, 0.5) is 11.4 Å². The van der Waals surface area contributed by atoms with Gasteiger partial charge in [-0.15, -0.1) is 0 Å². The summed E-state index contributed by atoms with van der Waals surface area (Å²) in [7, 11) is 0. The first-order valence-corrected chi connectivity index (χ1v) is 6.82. The van der Waals surface area contributed by atoms with Crippen molar-refractivity contribution in [2.45, 2.75) is 13.8 Å². The molecule has 0 saturated carbocycles. The third kappa shape index (κ3) is 2.00. The van der Waals surface area contributed by atoms with Gasteiger partial charge in [-0.05, 0) is 38.1 Å². The lowest BCUT2D eigenvalue weighted by Crippen LogP contribution is -2.41. The van der Waals surface area contributed by atoms with Gasteiger partial charge >= 0.3 is 0 Å². The van der Waals surface area contributed by atoms with Gasteiger partial charge in [-0.25, -0.2) is 10.0 Å². The molecule has 2 aromatic carbocycles. The highest BCUT2D eigenvalue weighted by Crippen LogP contribution is 2.37. The third-order valence-corrected chi connectivity index (χ3v) is 3.66. The molecule has 1 saturated heterocycles. The van der Waals surface area contributed by atoms with E-state index in [1.165, 1.54) is 10.0 Å². The normalized spacial score (nSPS) is 17.4. The van der Waals surface area contributed by atoms with Crippen LogP contribution in [0.5, 0.6) is 0 Å². The SMILES string of the molecule is CC1(C)C(=O)N(c2ccccc2)N(c2ccccc2)C1=O. The van der Waals surface area contributed by atoms with E-state index in [2.05, 4.69) is 0 Å². The Hall–Kier alpha value is -2.62. The van der Waals surface area contributed by atoms with E-state index in [9.17, 15) is 9.59 Å². The fraction of sp³-hybridized carbons (Fsp3) is 0.176. The van der Waals surface area contributed by atoms with Gasteiger partial charge in [0.2, 0.25) is 0 Å². The molecule has 1 fully saturated rings. The van der Waals surface area contributed by atoms with Crippen LogP contribution in [-0.4, -0.2) is 11.8 Å². The Morgan fingerprint density at radius 1 is 0.667 bits per heavy atom. The van der Waals surface area contributed by atoms with Gasteiger partial charge in [0.15, 0.2) is 0 Å². The maximum absolute atomic E-state index is 12.7. The minimum absolute atomic E-state index is 0.220. The van der Waals surface area contributed by atoms with E-state index in [0.717, 1.165) is 0 Å². The van der Waals surface area contributed by atoms with Crippen LogP contribution >= 0.6 is 0 Å². The smallest absolute Gasteiger partial charge is 0.261 e.